The van der Waals surface area contributed by atoms with Gasteiger partial charge >= 0.3 is 6.18 Å². The Balaban J connectivity index is 2.75. The number of nitrogens with zero attached hydrogens (tertiary/aromatic N) is 1. The Bertz CT molecular complexity index is 557. The number of aromatic nitrogens is 1. The lowest BCUT2D eigenvalue weighted by Crippen LogP contribution is -2.08. The highest BCUT2D eigenvalue weighted by Crippen LogP contribution is 2.36. The number of alkyl halides is 3. The number of aliphatic hydroxyl groups is 1. The molecule has 0 aliphatic heterocycles. The molecule has 18 heavy (non-hydrogen) atoms. The summed E-state index contributed by atoms with van der Waals surface area (Å²) in [4.78, 5) is 0. The van der Waals surface area contributed by atoms with Crippen LogP contribution in [-0.2, 0) is 19.1 Å². The van der Waals surface area contributed by atoms with Crippen LogP contribution in [0.25, 0.3) is 10.9 Å². The Morgan fingerprint density at radius 2 is 2.00 bits per heavy atom. The zero-order chi connectivity index (χ0) is 13.3. The second kappa shape index (κ2) is 4.65. The quantitative estimate of drug-likeness (QED) is 0.897. The molecule has 2 nitrogen and oxygen atoms in total. The lowest BCUT2D eigenvalue weighted by Gasteiger charge is -2.11. The Kier molecular flexibility index (Phi) is 3.34. The SMILES string of the molecule is CCn1cc(CCO)c2cccc(C(F)(F)F)c21. The van der Waals surface area contributed by atoms with Gasteiger partial charge in [-0.05, 0) is 25.0 Å². The van der Waals surface area contributed by atoms with Crippen LogP contribution in [0.2, 0.25) is 0 Å². The largest absolute Gasteiger partial charge is 0.418 e. The van der Waals surface area contributed by atoms with E-state index in [4.69, 9.17) is 5.11 Å². The number of hydrogen-bond donors (Lipinski definition) is 1. The first-order chi connectivity index (χ1) is 8.49. The van der Waals surface area contributed by atoms with Crippen LogP contribution >= 0.6 is 0 Å². The van der Waals surface area contributed by atoms with Gasteiger partial charge in [0.2, 0.25) is 0 Å². The van der Waals surface area contributed by atoms with Gasteiger partial charge in [-0.25, -0.2) is 0 Å². The van der Waals surface area contributed by atoms with Crippen LogP contribution in [0.15, 0.2) is 24.4 Å². The molecule has 0 unspecified atom stereocenters. The van der Waals surface area contributed by atoms with Gasteiger partial charge in [-0.15, -0.1) is 0 Å². The van der Waals surface area contributed by atoms with Crippen molar-refractivity contribution in [3.05, 3.63) is 35.5 Å². The molecule has 0 atom stereocenters. The van der Waals surface area contributed by atoms with Gasteiger partial charge in [-0.1, -0.05) is 12.1 Å². The van der Waals surface area contributed by atoms with Crippen molar-refractivity contribution < 1.29 is 18.3 Å². The normalized spacial score (nSPS) is 12.3. The first-order valence-electron chi connectivity index (χ1n) is 5.77. The van der Waals surface area contributed by atoms with Crippen molar-refractivity contribution in [3.8, 4) is 0 Å². The van der Waals surface area contributed by atoms with Gasteiger partial charge in [-0.3, -0.25) is 0 Å². The maximum atomic E-state index is 13.0. The fourth-order valence-electron chi connectivity index (χ4n) is 2.23. The minimum absolute atomic E-state index is 0.0704. The molecule has 2 aromatic rings. The zero-order valence-corrected chi connectivity index (χ0v) is 9.96. The van der Waals surface area contributed by atoms with Gasteiger partial charge in [0.25, 0.3) is 0 Å². The van der Waals surface area contributed by atoms with Crippen molar-refractivity contribution in [2.24, 2.45) is 0 Å². The molecule has 1 heterocycles. The molecule has 0 bridgehead atoms. The van der Waals surface area contributed by atoms with Crippen molar-refractivity contribution in [1.82, 2.24) is 4.57 Å². The molecule has 1 N–H and O–H groups in total. The maximum Gasteiger partial charge on any atom is 0.418 e. The fourth-order valence-corrected chi connectivity index (χ4v) is 2.23. The highest BCUT2D eigenvalue weighted by Gasteiger charge is 2.34. The van der Waals surface area contributed by atoms with E-state index < -0.39 is 11.7 Å². The summed E-state index contributed by atoms with van der Waals surface area (Å²) in [5, 5.41) is 9.53. The molecule has 2 rings (SSSR count). The molecule has 0 saturated carbocycles. The number of fused-ring (bicyclic) bond motifs is 1. The summed E-state index contributed by atoms with van der Waals surface area (Å²) in [5.41, 5.74) is 0.336. The number of benzene rings is 1. The van der Waals surface area contributed by atoms with E-state index in [-0.39, 0.29) is 12.1 Å². The third-order valence-electron chi connectivity index (χ3n) is 3.01. The van der Waals surface area contributed by atoms with Crippen molar-refractivity contribution in [2.75, 3.05) is 6.61 Å². The summed E-state index contributed by atoms with van der Waals surface area (Å²) in [7, 11) is 0. The molecule has 1 aromatic carbocycles. The summed E-state index contributed by atoms with van der Waals surface area (Å²) in [6, 6.07) is 4.17. The molecule has 1 aromatic heterocycles. The second-order valence-corrected chi connectivity index (χ2v) is 4.11. The van der Waals surface area contributed by atoms with E-state index in [0.717, 1.165) is 11.6 Å². The van der Waals surface area contributed by atoms with E-state index in [1.54, 1.807) is 23.8 Å². The predicted molar refractivity (Wildman–Crippen MR) is 63.4 cm³/mol. The van der Waals surface area contributed by atoms with Gasteiger partial charge in [0.1, 0.15) is 0 Å². The van der Waals surface area contributed by atoms with Gasteiger partial charge in [0.15, 0.2) is 0 Å². The van der Waals surface area contributed by atoms with Gasteiger partial charge < -0.3 is 9.67 Å². The van der Waals surface area contributed by atoms with Crippen molar-refractivity contribution in [3.63, 3.8) is 0 Å². The van der Waals surface area contributed by atoms with Crippen LogP contribution in [0.5, 0.6) is 0 Å². The average Bonchev–Trinajstić information content (AvgIpc) is 2.67. The monoisotopic (exact) mass is 257 g/mol. The molecular formula is C13H14F3NO. The molecule has 0 radical (unpaired) electrons. The lowest BCUT2D eigenvalue weighted by molar-refractivity contribution is -0.136. The highest BCUT2D eigenvalue weighted by atomic mass is 19.4. The third kappa shape index (κ3) is 2.10. The Hall–Kier alpha value is -1.49. The highest BCUT2D eigenvalue weighted by molar-refractivity contribution is 5.87. The summed E-state index contributed by atoms with van der Waals surface area (Å²) in [6.45, 7) is 2.20. The van der Waals surface area contributed by atoms with E-state index in [2.05, 4.69) is 0 Å². The molecular weight excluding hydrogens is 243 g/mol. The molecule has 0 aliphatic rings. The van der Waals surface area contributed by atoms with Crippen LogP contribution in [0.3, 0.4) is 0 Å². The third-order valence-corrected chi connectivity index (χ3v) is 3.01. The predicted octanol–water partition coefficient (Wildman–Crippen LogP) is 3.21. The first-order valence-corrected chi connectivity index (χ1v) is 5.77. The summed E-state index contributed by atoms with van der Waals surface area (Å²) >= 11 is 0. The number of hydrogen-bond acceptors (Lipinski definition) is 1. The standard InChI is InChI=1S/C13H14F3NO/c1-2-17-8-9(6-7-18)10-4-3-5-11(12(10)17)13(14,15)16/h3-5,8,18H,2,6-7H2,1H3. The van der Waals surface area contributed by atoms with Crippen molar-refractivity contribution in [1.29, 1.82) is 0 Å². The molecule has 0 amide bonds. The molecule has 0 aliphatic carbocycles. The van der Waals surface area contributed by atoms with Crippen molar-refractivity contribution in [2.45, 2.75) is 26.1 Å². The van der Waals surface area contributed by atoms with Crippen molar-refractivity contribution >= 4 is 10.9 Å². The summed E-state index contributed by atoms with van der Waals surface area (Å²) in [6.07, 6.45) is -2.30. The van der Waals surface area contributed by atoms with E-state index in [9.17, 15) is 13.2 Å². The van der Waals surface area contributed by atoms with E-state index in [1.165, 1.54) is 6.07 Å². The molecule has 0 spiro atoms. The first kappa shape index (κ1) is 13.0. The second-order valence-electron chi connectivity index (χ2n) is 4.11. The maximum absolute atomic E-state index is 13.0. The van der Waals surface area contributed by atoms with Crippen LogP contribution in [0.4, 0.5) is 13.2 Å². The Morgan fingerprint density at radius 3 is 2.56 bits per heavy atom. The number of aliphatic hydroxyl groups excluding tert-OH is 1. The molecule has 0 saturated heterocycles. The zero-order valence-electron chi connectivity index (χ0n) is 9.96. The van der Waals surface area contributed by atoms with E-state index in [0.29, 0.717) is 18.4 Å². The summed E-state index contributed by atoms with van der Waals surface area (Å²) in [5.74, 6) is 0. The van der Waals surface area contributed by atoms with Gasteiger partial charge in [0.05, 0.1) is 11.1 Å². The van der Waals surface area contributed by atoms with E-state index in [1.807, 2.05) is 0 Å². The van der Waals surface area contributed by atoms with Crippen LogP contribution < -0.4 is 0 Å². The summed E-state index contributed by atoms with van der Waals surface area (Å²) < 4.78 is 40.5. The van der Waals surface area contributed by atoms with Crippen LogP contribution in [-0.4, -0.2) is 16.3 Å². The fraction of sp³-hybridized carbons (Fsp3) is 0.385. The number of para-hydroxylation sites is 1. The lowest BCUT2D eigenvalue weighted by atomic mass is 10.1. The molecule has 98 valence electrons. The van der Waals surface area contributed by atoms with Crippen LogP contribution in [0, 0.1) is 0 Å². The molecule has 5 heteroatoms. The Labute approximate surface area is 103 Å². The minimum atomic E-state index is -4.36. The molecule has 0 fully saturated rings. The minimum Gasteiger partial charge on any atom is -0.396 e. The van der Waals surface area contributed by atoms with Crippen LogP contribution in [0.1, 0.15) is 18.1 Å². The number of halogens is 3. The Morgan fingerprint density at radius 1 is 1.28 bits per heavy atom. The topological polar surface area (TPSA) is 25.2 Å². The van der Waals surface area contributed by atoms with E-state index >= 15 is 0 Å². The number of aryl methyl sites for hydroxylation is 1. The average molecular weight is 257 g/mol. The number of rotatable bonds is 3. The van der Waals surface area contributed by atoms with Gasteiger partial charge in [0, 0.05) is 24.7 Å². The smallest absolute Gasteiger partial charge is 0.396 e. The van der Waals surface area contributed by atoms with Gasteiger partial charge in [-0.2, -0.15) is 13.2 Å².